The van der Waals surface area contributed by atoms with E-state index < -0.39 is 5.54 Å². The lowest BCUT2D eigenvalue weighted by atomic mass is 9.74. The predicted octanol–water partition coefficient (Wildman–Crippen LogP) is 7.95. The molecule has 158 valence electrons. The van der Waals surface area contributed by atoms with E-state index in [1.165, 1.54) is 0 Å². The van der Waals surface area contributed by atoms with E-state index in [1.54, 1.807) is 0 Å². The molecule has 0 fully saturated rings. The van der Waals surface area contributed by atoms with Crippen LogP contribution >= 0.6 is 31.9 Å². The quantitative estimate of drug-likeness (QED) is 0.228. The fourth-order valence-electron chi connectivity index (χ4n) is 5.59. The number of para-hydroxylation sites is 2. The Balaban J connectivity index is 1.73. The van der Waals surface area contributed by atoms with Gasteiger partial charge in [-0.05, 0) is 54.1 Å². The lowest BCUT2D eigenvalue weighted by molar-refractivity contribution is 0.0931. The van der Waals surface area contributed by atoms with Crippen molar-refractivity contribution in [1.29, 1.82) is 0 Å². The number of hydrogen-bond acceptors (Lipinski definition) is 2. The number of rotatable bonds is 1. The fourth-order valence-corrected chi connectivity index (χ4v) is 6.20. The van der Waals surface area contributed by atoms with Crippen molar-refractivity contribution in [2.24, 2.45) is 0 Å². The molecule has 0 saturated heterocycles. The first kappa shape index (κ1) is 19.3. The number of halogens is 2. The minimum atomic E-state index is -1.01. The molecule has 4 aromatic carbocycles. The van der Waals surface area contributed by atoms with Gasteiger partial charge in [0.2, 0.25) is 0 Å². The first-order chi connectivity index (χ1) is 16.1. The number of nitrogens with one attached hydrogen (secondary N) is 1. The average Bonchev–Trinajstić information content (AvgIpc) is 3.34. The number of anilines is 2. The van der Waals surface area contributed by atoms with Crippen LogP contribution in [0.4, 0.5) is 11.4 Å². The van der Waals surface area contributed by atoms with E-state index in [0.29, 0.717) is 0 Å². The van der Waals surface area contributed by atoms with E-state index in [4.69, 9.17) is 0 Å². The smallest absolute Gasteiger partial charge is 0.200 e. The van der Waals surface area contributed by atoms with Gasteiger partial charge in [0, 0.05) is 36.5 Å². The maximum Gasteiger partial charge on any atom is 0.200 e. The van der Waals surface area contributed by atoms with Crippen LogP contribution in [0.25, 0.3) is 22.2 Å². The summed E-state index contributed by atoms with van der Waals surface area (Å²) in [5.74, 6) is 0.0945. The molecule has 1 aromatic heterocycles. The van der Waals surface area contributed by atoms with E-state index in [1.807, 2.05) is 42.5 Å². The molecule has 1 atom stereocenters. The summed E-state index contributed by atoms with van der Waals surface area (Å²) in [4.78, 5) is 20.5. The van der Waals surface area contributed by atoms with Crippen molar-refractivity contribution in [3.8, 4) is 11.3 Å². The lowest BCUT2D eigenvalue weighted by Gasteiger charge is -2.44. The van der Waals surface area contributed by atoms with E-state index >= 15 is 0 Å². The molecule has 5 aromatic rings. The number of hydrogen-bond donors (Lipinski definition) is 1. The summed E-state index contributed by atoms with van der Waals surface area (Å²) in [6.45, 7) is 0. The van der Waals surface area contributed by atoms with Gasteiger partial charge in [0.25, 0.3) is 0 Å². The van der Waals surface area contributed by atoms with Crippen LogP contribution in [0.2, 0.25) is 0 Å². The van der Waals surface area contributed by atoms with Crippen LogP contribution in [0.5, 0.6) is 0 Å². The molecular weight excluding hydrogens is 540 g/mol. The Hall–Kier alpha value is -3.15. The second kappa shape index (κ2) is 6.69. The second-order valence-corrected chi connectivity index (χ2v) is 10.3. The average molecular weight is 556 g/mol. The SMILES string of the molecule is O=C1c2ccccc2N2c3cc(Br)ccc3-c3[nH]c4ccccc4c3C12c1ccc(Br)cc1. The Morgan fingerprint density at radius 3 is 2.30 bits per heavy atom. The molecule has 5 heteroatoms. The van der Waals surface area contributed by atoms with Gasteiger partial charge in [-0.25, -0.2) is 0 Å². The molecule has 0 saturated carbocycles. The van der Waals surface area contributed by atoms with Gasteiger partial charge in [-0.1, -0.05) is 74.3 Å². The first-order valence-corrected chi connectivity index (χ1v) is 12.3. The summed E-state index contributed by atoms with van der Waals surface area (Å²) >= 11 is 7.24. The number of carbonyl (C=O) groups excluding carboxylic acids is 1. The zero-order valence-corrected chi connectivity index (χ0v) is 20.4. The summed E-state index contributed by atoms with van der Waals surface area (Å²) in [6.07, 6.45) is 0. The summed E-state index contributed by atoms with van der Waals surface area (Å²) in [5, 5.41) is 1.06. The molecule has 7 rings (SSSR count). The highest BCUT2D eigenvalue weighted by molar-refractivity contribution is 9.10. The predicted molar refractivity (Wildman–Crippen MR) is 139 cm³/mol. The third-order valence-electron chi connectivity index (χ3n) is 6.85. The number of carbonyl (C=O) groups is 1. The Morgan fingerprint density at radius 2 is 1.45 bits per heavy atom. The Bertz CT molecular complexity index is 1620. The molecule has 1 unspecified atom stereocenters. The highest BCUT2D eigenvalue weighted by Gasteiger charge is 2.59. The maximum absolute atomic E-state index is 14.6. The van der Waals surface area contributed by atoms with Crippen LogP contribution in [-0.4, -0.2) is 10.8 Å². The number of H-pyrrole nitrogens is 1. The molecule has 33 heavy (non-hydrogen) atoms. The zero-order chi connectivity index (χ0) is 22.3. The molecule has 0 spiro atoms. The molecule has 0 amide bonds. The van der Waals surface area contributed by atoms with Gasteiger partial charge in [0.05, 0.1) is 17.1 Å². The monoisotopic (exact) mass is 554 g/mol. The molecule has 3 heterocycles. The normalized spacial score (nSPS) is 18.1. The number of Topliss-reactive ketones (excluding diaryl/α,β-unsaturated/α-hetero) is 1. The topological polar surface area (TPSA) is 36.1 Å². The molecule has 2 aliphatic rings. The van der Waals surface area contributed by atoms with E-state index in [0.717, 1.165) is 59.2 Å². The van der Waals surface area contributed by atoms with E-state index in [-0.39, 0.29) is 5.78 Å². The lowest BCUT2D eigenvalue weighted by Crippen LogP contribution is -2.48. The van der Waals surface area contributed by atoms with Crippen molar-refractivity contribution >= 4 is 59.9 Å². The van der Waals surface area contributed by atoms with Crippen molar-refractivity contribution < 1.29 is 4.79 Å². The highest BCUT2D eigenvalue weighted by atomic mass is 79.9. The van der Waals surface area contributed by atoms with Gasteiger partial charge in [-0.2, -0.15) is 0 Å². The van der Waals surface area contributed by atoms with Crippen molar-refractivity contribution in [1.82, 2.24) is 4.98 Å². The van der Waals surface area contributed by atoms with Gasteiger partial charge in [-0.3, -0.25) is 4.79 Å². The van der Waals surface area contributed by atoms with Crippen LogP contribution in [-0.2, 0) is 5.54 Å². The molecule has 2 aliphatic heterocycles. The van der Waals surface area contributed by atoms with Crippen molar-refractivity contribution in [3.05, 3.63) is 117 Å². The van der Waals surface area contributed by atoms with Crippen LogP contribution in [0.3, 0.4) is 0 Å². The number of benzene rings is 4. The third kappa shape index (κ3) is 2.36. The summed E-state index contributed by atoms with van der Waals surface area (Å²) < 4.78 is 1.96. The van der Waals surface area contributed by atoms with Gasteiger partial charge in [0.1, 0.15) is 0 Å². The Kier molecular flexibility index (Phi) is 3.92. The van der Waals surface area contributed by atoms with Crippen molar-refractivity contribution in [2.75, 3.05) is 4.90 Å². The highest BCUT2D eigenvalue weighted by Crippen LogP contribution is 2.61. The number of ketones is 1. The van der Waals surface area contributed by atoms with Crippen LogP contribution < -0.4 is 4.90 Å². The van der Waals surface area contributed by atoms with Crippen LogP contribution in [0.1, 0.15) is 21.5 Å². The zero-order valence-electron chi connectivity index (χ0n) is 17.3. The van der Waals surface area contributed by atoms with E-state index in [9.17, 15) is 4.79 Å². The number of aromatic amines is 1. The second-order valence-electron chi connectivity index (χ2n) is 8.48. The van der Waals surface area contributed by atoms with Gasteiger partial charge >= 0.3 is 0 Å². The molecule has 0 radical (unpaired) electrons. The fraction of sp³-hybridized carbons (Fsp3) is 0.0357. The maximum atomic E-state index is 14.6. The third-order valence-corrected chi connectivity index (χ3v) is 7.88. The standard InChI is InChI=1S/C28H16Br2N2O/c29-17-11-9-16(10-12-17)28-25-19-5-1-3-7-22(19)31-26(25)20-14-13-18(30)15-24(20)32(28)23-8-4-2-6-21(23)27(28)33/h1-15,31H. The summed E-state index contributed by atoms with van der Waals surface area (Å²) in [6, 6.07) is 30.7. The number of nitrogens with zero attached hydrogens (tertiary/aromatic N) is 1. The molecule has 0 aliphatic carbocycles. The van der Waals surface area contributed by atoms with E-state index in [2.05, 4.69) is 90.3 Å². The van der Waals surface area contributed by atoms with Gasteiger partial charge < -0.3 is 9.88 Å². The number of aromatic nitrogens is 1. The van der Waals surface area contributed by atoms with Crippen LogP contribution in [0, 0.1) is 0 Å². The number of fused-ring (bicyclic) bond motifs is 10. The minimum absolute atomic E-state index is 0.0945. The summed E-state index contributed by atoms with van der Waals surface area (Å²) in [7, 11) is 0. The van der Waals surface area contributed by atoms with Crippen molar-refractivity contribution in [3.63, 3.8) is 0 Å². The van der Waals surface area contributed by atoms with Gasteiger partial charge in [-0.15, -0.1) is 0 Å². The molecule has 0 bridgehead atoms. The molecular formula is C28H16Br2N2O. The molecule has 3 nitrogen and oxygen atoms in total. The molecule has 1 N–H and O–H groups in total. The largest absolute Gasteiger partial charge is 0.354 e. The Labute approximate surface area is 207 Å². The Morgan fingerprint density at radius 1 is 0.727 bits per heavy atom. The van der Waals surface area contributed by atoms with Gasteiger partial charge in [0.15, 0.2) is 11.3 Å². The first-order valence-electron chi connectivity index (χ1n) is 10.7. The van der Waals surface area contributed by atoms with Crippen LogP contribution in [0.15, 0.2) is 99.9 Å². The summed E-state index contributed by atoms with van der Waals surface area (Å²) in [5.41, 5.74) is 6.74. The minimum Gasteiger partial charge on any atom is -0.354 e. The van der Waals surface area contributed by atoms with Crippen molar-refractivity contribution in [2.45, 2.75) is 5.54 Å².